The minimum absolute atomic E-state index is 0.261. The van der Waals surface area contributed by atoms with Crippen molar-refractivity contribution in [1.29, 1.82) is 0 Å². The molecule has 0 aliphatic heterocycles. The number of benzene rings is 2. The number of ether oxygens (including phenoxy) is 2. The highest BCUT2D eigenvalue weighted by Crippen LogP contribution is 2.16. The van der Waals surface area contributed by atoms with Crippen molar-refractivity contribution < 1.29 is 23.8 Å². The zero-order valence-electron chi connectivity index (χ0n) is 11.3. The fraction of sp³-hybridized carbons (Fsp3) is 0.188. The summed E-state index contributed by atoms with van der Waals surface area (Å²) in [6.07, 6.45) is 0. The summed E-state index contributed by atoms with van der Waals surface area (Å²) < 4.78 is 24.0. The molecule has 0 amide bonds. The maximum absolute atomic E-state index is 13.2. The van der Waals surface area contributed by atoms with E-state index in [0.29, 0.717) is 19.0 Å². The second-order valence-corrected chi connectivity index (χ2v) is 4.33. The molecule has 0 radical (unpaired) electrons. The molecule has 0 unspecified atom stereocenters. The van der Waals surface area contributed by atoms with Crippen LogP contribution < -0.4 is 4.74 Å². The molecule has 4 nitrogen and oxygen atoms in total. The minimum atomic E-state index is -1.32. The SMILES string of the molecule is O=C(O)c1cc(OCCOCc2ccccc2)ccc1F. The van der Waals surface area contributed by atoms with E-state index in [2.05, 4.69) is 0 Å². The maximum atomic E-state index is 13.2. The van der Waals surface area contributed by atoms with Gasteiger partial charge in [-0.25, -0.2) is 9.18 Å². The molecule has 1 N–H and O–H groups in total. The first-order valence-corrected chi connectivity index (χ1v) is 6.44. The lowest BCUT2D eigenvalue weighted by Gasteiger charge is -2.08. The molecular weight excluding hydrogens is 275 g/mol. The Kier molecular flexibility index (Phi) is 5.29. The lowest BCUT2D eigenvalue weighted by molar-refractivity contribution is 0.0690. The van der Waals surface area contributed by atoms with E-state index in [0.717, 1.165) is 17.7 Å². The van der Waals surface area contributed by atoms with E-state index in [1.54, 1.807) is 0 Å². The average molecular weight is 290 g/mol. The summed E-state index contributed by atoms with van der Waals surface area (Å²) in [7, 11) is 0. The number of hydrogen-bond donors (Lipinski definition) is 1. The fourth-order valence-corrected chi connectivity index (χ4v) is 1.74. The Morgan fingerprint density at radius 3 is 2.57 bits per heavy atom. The van der Waals surface area contributed by atoms with E-state index in [-0.39, 0.29) is 6.61 Å². The molecule has 0 aromatic heterocycles. The molecule has 2 rings (SSSR count). The molecule has 0 saturated heterocycles. The van der Waals surface area contributed by atoms with Gasteiger partial charge in [0, 0.05) is 0 Å². The first kappa shape index (κ1) is 15.0. The van der Waals surface area contributed by atoms with Crippen molar-refractivity contribution in [3.8, 4) is 5.75 Å². The smallest absolute Gasteiger partial charge is 0.338 e. The van der Waals surface area contributed by atoms with Crippen LogP contribution in [0.2, 0.25) is 0 Å². The molecule has 0 heterocycles. The Morgan fingerprint density at radius 2 is 1.86 bits per heavy atom. The molecular formula is C16H15FO4. The summed E-state index contributed by atoms with van der Waals surface area (Å²) in [4.78, 5) is 10.8. The van der Waals surface area contributed by atoms with Crippen molar-refractivity contribution in [3.05, 3.63) is 65.5 Å². The monoisotopic (exact) mass is 290 g/mol. The van der Waals surface area contributed by atoms with Gasteiger partial charge in [0.1, 0.15) is 18.2 Å². The van der Waals surface area contributed by atoms with Gasteiger partial charge in [-0.2, -0.15) is 0 Å². The fourth-order valence-electron chi connectivity index (χ4n) is 1.74. The number of hydrogen-bond acceptors (Lipinski definition) is 3. The second-order valence-electron chi connectivity index (χ2n) is 4.33. The summed E-state index contributed by atoms with van der Waals surface area (Å²) in [5.41, 5.74) is 0.658. The molecule has 0 aliphatic carbocycles. The van der Waals surface area contributed by atoms with Gasteiger partial charge < -0.3 is 14.6 Å². The maximum Gasteiger partial charge on any atom is 0.338 e. The predicted octanol–water partition coefficient (Wildman–Crippen LogP) is 3.12. The van der Waals surface area contributed by atoms with Gasteiger partial charge in [0.2, 0.25) is 0 Å². The van der Waals surface area contributed by atoms with Gasteiger partial charge in [-0.1, -0.05) is 30.3 Å². The summed E-state index contributed by atoms with van der Waals surface area (Å²) in [6.45, 7) is 1.10. The summed E-state index contributed by atoms with van der Waals surface area (Å²) in [5, 5.41) is 8.81. The first-order chi connectivity index (χ1) is 10.2. The van der Waals surface area contributed by atoms with Crippen LogP contribution in [0, 0.1) is 5.82 Å². The lowest BCUT2D eigenvalue weighted by atomic mass is 10.2. The molecule has 21 heavy (non-hydrogen) atoms. The largest absolute Gasteiger partial charge is 0.491 e. The topological polar surface area (TPSA) is 55.8 Å². The third-order valence-electron chi connectivity index (χ3n) is 2.78. The molecule has 5 heteroatoms. The summed E-state index contributed by atoms with van der Waals surface area (Å²) >= 11 is 0. The highest BCUT2D eigenvalue weighted by Gasteiger charge is 2.11. The van der Waals surface area contributed by atoms with Gasteiger partial charge in [-0.15, -0.1) is 0 Å². The standard InChI is InChI=1S/C16H15FO4/c17-15-7-6-13(10-14(15)16(18)19)21-9-8-20-11-12-4-2-1-3-5-12/h1-7,10H,8-9,11H2,(H,18,19). The number of rotatable bonds is 7. The van der Waals surface area contributed by atoms with Crippen LogP contribution >= 0.6 is 0 Å². The van der Waals surface area contributed by atoms with Crippen molar-refractivity contribution in [3.63, 3.8) is 0 Å². The third kappa shape index (κ3) is 4.57. The normalized spacial score (nSPS) is 10.3. The van der Waals surface area contributed by atoms with E-state index in [4.69, 9.17) is 14.6 Å². The molecule has 0 saturated carbocycles. The quantitative estimate of drug-likeness (QED) is 0.796. The molecule has 2 aromatic rings. The van der Waals surface area contributed by atoms with Gasteiger partial charge in [0.15, 0.2) is 0 Å². The van der Waals surface area contributed by atoms with Crippen LogP contribution in [0.3, 0.4) is 0 Å². The third-order valence-corrected chi connectivity index (χ3v) is 2.78. The Labute approximate surface area is 121 Å². The van der Waals surface area contributed by atoms with Crippen molar-refractivity contribution in [2.24, 2.45) is 0 Å². The Morgan fingerprint density at radius 1 is 1.10 bits per heavy atom. The highest BCUT2D eigenvalue weighted by atomic mass is 19.1. The van der Waals surface area contributed by atoms with Crippen molar-refractivity contribution >= 4 is 5.97 Å². The van der Waals surface area contributed by atoms with Crippen LogP contribution in [0.4, 0.5) is 4.39 Å². The van der Waals surface area contributed by atoms with Crippen molar-refractivity contribution in [2.45, 2.75) is 6.61 Å². The van der Waals surface area contributed by atoms with Crippen LogP contribution in [-0.4, -0.2) is 24.3 Å². The number of carboxylic acid groups (broad SMARTS) is 1. The van der Waals surface area contributed by atoms with Crippen LogP contribution in [0.5, 0.6) is 5.75 Å². The molecule has 0 fully saturated rings. The molecule has 110 valence electrons. The highest BCUT2D eigenvalue weighted by molar-refractivity contribution is 5.88. The Bertz CT molecular complexity index is 598. The van der Waals surface area contributed by atoms with Gasteiger partial charge in [0.25, 0.3) is 0 Å². The van der Waals surface area contributed by atoms with Crippen LogP contribution in [0.1, 0.15) is 15.9 Å². The Balaban J connectivity index is 1.76. The summed E-state index contributed by atoms with van der Waals surface area (Å²) in [5.74, 6) is -1.80. The van der Waals surface area contributed by atoms with Gasteiger partial charge in [-0.3, -0.25) is 0 Å². The molecule has 0 spiro atoms. The number of carboxylic acids is 1. The lowest BCUT2D eigenvalue weighted by Crippen LogP contribution is -2.08. The molecule has 2 aromatic carbocycles. The van der Waals surface area contributed by atoms with Gasteiger partial charge in [-0.05, 0) is 23.8 Å². The van der Waals surface area contributed by atoms with E-state index < -0.39 is 17.3 Å². The van der Waals surface area contributed by atoms with E-state index >= 15 is 0 Å². The van der Waals surface area contributed by atoms with Crippen molar-refractivity contribution in [1.82, 2.24) is 0 Å². The average Bonchev–Trinajstić information content (AvgIpc) is 2.49. The zero-order chi connectivity index (χ0) is 15.1. The number of aromatic carboxylic acids is 1. The van der Waals surface area contributed by atoms with Gasteiger partial charge >= 0.3 is 5.97 Å². The second kappa shape index (κ2) is 7.40. The minimum Gasteiger partial charge on any atom is -0.491 e. The van der Waals surface area contributed by atoms with E-state index in [1.165, 1.54) is 6.07 Å². The van der Waals surface area contributed by atoms with Crippen LogP contribution in [0.25, 0.3) is 0 Å². The molecule has 0 bridgehead atoms. The van der Waals surface area contributed by atoms with Crippen molar-refractivity contribution in [2.75, 3.05) is 13.2 Å². The van der Waals surface area contributed by atoms with Crippen LogP contribution in [-0.2, 0) is 11.3 Å². The number of halogens is 1. The molecule has 0 atom stereocenters. The van der Waals surface area contributed by atoms with Gasteiger partial charge in [0.05, 0.1) is 18.8 Å². The first-order valence-electron chi connectivity index (χ1n) is 6.44. The van der Waals surface area contributed by atoms with E-state index in [9.17, 15) is 9.18 Å². The molecule has 0 aliphatic rings. The Hall–Kier alpha value is -2.40. The number of carbonyl (C=O) groups is 1. The zero-order valence-corrected chi connectivity index (χ0v) is 11.3. The van der Waals surface area contributed by atoms with Crippen LogP contribution in [0.15, 0.2) is 48.5 Å². The summed E-state index contributed by atoms with van der Waals surface area (Å²) in [6, 6.07) is 13.3. The van der Waals surface area contributed by atoms with E-state index in [1.807, 2.05) is 30.3 Å². The predicted molar refractivity (Wildman–Crippen MR) is 75.0 cm³/mol.